The molecule has 7 nitrogen and oxygen atoms in total. The summed E-state index contributed by atoms with van der Waals surface area (Å²) in [6, 6.07) is 10.8. The maximum atomic E-state index is 7.50. The summed E-state index contributed by atoms with van der Waals surface area (Å²) >= 11 is 0. The molecule has 0 aromatic heterocycles. The number of fused-ring (bicyclic) bond motifs is 1. The Kier molecular flexibility index (Phi) is 19.9. The molecule has 2 fully saturated rings. The van der Waals surface area contributed by atoms with Crippen LogP contribution in [0.1, 0.15) is 37.4 Å². The van der Waals surface area contributed by atoms with Crippen LogP contribution in [0.25, 0.3) is 0 Å². The van der Waals surface area contributed by atoms with Crippen LogP contribution < -0.4 is 5.19 Å². The normalized spacial score (nSPS) is 20.1. The molecule has 1 aromatic carbocycles. The third kappa shape index (κ3) is 9.59. The number of methoxy groups -OCH3 is 2. The summed E-state index contributed by atoms with van der Waals surface area (Å²) in [6.07, 6.45) is 5.66. The van der Waals surface area contributed by atoms with Crippen LogP contribution >= 0.6 is 0 Å². The third-order valence-corrected chi connectivity index (χ3v) is 8.42. The van der Waals surface area contributed by atoms with E-state index in [2.05, 4.69) is 73.7 Å². The zero-order valence-electron chi connectivity index (χ0n) is 21.0. The summed E-state index contributed by atoms with van der Waals surface area (Å²) in [4.78, 5) is 5.43. The average molecular weight is 527 g/mol. The van der Waals surface area contributed by atoms with Gasteiger partial charge in [0.05, 0.1) is 27.5 Å². The molecule has 1 saturated carbocycles. The Morgan fingerprint density at radius 1 is 0.794 bits per heavy atom. The molecule has 1 aliphatic heterocycles. The van der Waals surface area contributed by atoms with Gasteiger partial charge in [-0.2, -0.15) is 0 Å². The molecular formula is C25H38CrN2O5Si. The number of ether oxygens (including phenoxy) is 2. The van der Waals surface area contributed by atoms with Crippen molar-refractivity contribution in [2.45, 2.75) is 63.6 Å². The molecule has 1 heterocycles. The SMILES string of the molecule is COCCN1C(c2ccc([Si](C)(C)C)cc2)N(CCOC)[C@@H]2CCCC[C@H]21.[C-]#[O+].[C-]#[O+].[C-]#[O+].[Cr]. The summed E-state index contributed by atoms with van der Waals surface area (Å²) in [5.41, 5.74) is 1.43. The van der Waals surface area contributed by atoms with E-state index < -0.39 is 8.07 Å². The molecule has 3 rings (SSSR count). The molecule has 0 unspecified atom stereocenters. The van der Waals surface area contributed by atoms with Crippen LogP contribution in [0.4, 0.5) is 0 Å². The summed E-state index contributed by atoms with van der Waals surface area (Å²) in [5, 5.41) is 1.54. The van der Waals surface area contributed by atoms with Gasteiger partial charge in [-0.25, -0.2) is 0 Å². The van der Waals surface area contributed by atoms with Crippen molar-refractivity contribution in [3.05, 3.63) is 49.8 Å². The van der Waals surface area contributed by atoms with E-state index in [0.29, 0.717) is 18.2 Å². The van der Waals surface area contributed by atoms with Gasteiger partial charge in [-0.1, -0.05) is 61.9 Å². The fourth-order valence-corrected chi connectivity index (χ4v) is 6.09. The van der Waals surface area contributed by atoms with Crippen LogP contribution in [0, 0.1) is 20.0 Å². The maximum Gasteiger partial charge on any atom is 0 e. The molecule has 0 amide bonds. The van der Waals surface area contributed by atoms with E-state index in [1.807, 2.05) is 14.2 Å². The Hall–Kier alpha value is -0.971. The molecule has 188 valence electrons. The van der Waals surface area contributed by atoms with Crippen LogP contribution in [-0.2, 0) is 40.8 Å². The van der Waals surface area contributed by atoms with Gasteiger partial charge in [-0.15, -0.1) is 0 Å². The van der Waals surface area contributed by atoms with Crippen molar-refractivity contribution in [3.63, 3.8) is 0 Å². The molecule has 0 bridgehead atoms. The summed E-state index contributed by atoms with van der Waals surface area (Å²) in [6.45, 7) is 24.4. The maximum absolute atomic E-state index is 7.50. The molecule has 2 atom stereocenters. The van der Waals surface area contributed by atoms with Gasteiger partial charge in [-0.05, 0) is 18.4 Å². The van der Waals surface area contributed by atoms with Crippen molar-refractivity contribution in [2.75, 3.05) is 40.5 Å². The summed E-state index contributed by atoms with van der Waals surface area (Å²) in [7, 11) is 2.36. The van der Waals surface area contributed by atoms with Crippen LogP contribution in [0.15, 0.2) is 24.3 Å². The quantitative estimate of drug-likeness (QED) is 0.296. The van der Waals surface area contributed by atoms with Gasteiger partial charge in [0.15, 0.2) is 0 Å². The molecule has 1 aromatic rings. The Morgan fingerprint density at radius 3 is 1.50 bits per heavy atom. The minimum Gasteiger partial charge on any atom is 0 e. The van der Waals surface area contributed by atoms with Gasteiger partial charge >= 0.3 is 33.9 Å². The predicted molar refractivity (Wildman–Crippen MR) is 127 cm³/mol. The molecule has 0 spiro atoms. The van der Waals surface area contributed by atoms with Gasteiger partial charge in [-0.3, -0.25) is 9.80 Å². The Labute approximate surface area is 217 Å². The van der Waals surface area contributed by atoms with E-state index in [0.717, 1.165) is 26.3 Å². The smallest absolute Gasteiger partial charge is 0 e. The zero-order valence-corrected chi connectivity index (χ0v) is 23.3. The van der Waals surface area contributed by atoms with Crippen LogP contribution in [-0.4, -0.2) is 70.5 Å². The molecule has 34 heavy (non-hydrogen) atoms. The van der Waals surface area contributed by atoms with Gasteiger partial charge in [0, 0.05) is 56.8 Å². The van der Waals surface area contributed by atoms with Crippen molar-refractivity contribution in [3.8, 4) is 0 Å². The number of hydrogen-bond acceptors (Lipinski definition) is 4. The summed E-state index contributed by atoms with van der Waals surface area (Å²) < 4.78 is 33.4. The summed E-state index contributed by atoms with van der Waals surface area (Å²) in [5.74, 6) is 0. The molecular weight excluding hydrogens is 488 g/mol. The van der Waals surface area contributed by atoms with E-state index in [9.17, 15) is 0 Å². The zero-order chi connectivity index (χ0) is 25.4. The minimum atomic E-state index is -1.27. The van der Waals surface area contributed by atoms with E-state index in [1.54, 1.807) is 0 Å². The van der Waals surface area contributed by atoms with E-state index >= 15 is 0 Å². The monoisotopic (exact) mass is 526 g/mol. The first kappa shape index (κ1) is 35.2. The number of hydrogen-bond donors (Lipinski definition) is 0. The fraction of sp³-hybridized carbons (Fsp3) is 0.640. The molecule has 0 N–H and O–H groups in total. The molecule has 1 aliphatic carbocycles. The predicted octanol–water partition coefficient (Wildman–Crippen LogP) is 3.34. The van der Waals surface area contributed by atoms with Gasteiger partial charge in [0.2, 0.25) is 0 Å². The van der Waals surface area contributed by atoms with Crippen molar-refractivity contribution < 1.29 is 40.8 Å². The van der Waals surface area contributed by atoms with Crippen LogP contribution in [0.3, 0.4) is 0 Å². The second kappa shape index (κ2) is 19.2. The van der Waals surface area contributed by atoms with Gasteiger partial charge in [0.25, 0.3) is 0 Å². The first-order chi connectivity index (χ1) is 16.0. The third-order valence-electron chi connectivity index (χ3n) is 6.36. The number of rotatable bonds is 8. The second-order valence-corrected chi connectivity index (χ2v) is 14.2. The van der Waals surface area contributed by atoms with E-state index in [-0.39, 0.29) is 17.4 Å². The average Bonchev–Trinajstić information content (AvgIpc) is 3.18. The van der Waals surface area contributed by atoms with E-state index in [4.69, 9.17) is 23.4 Å². The fourth-order valence-electron chi connectivity index (χ4n) is 4.93. The topological polar surface area (TPSA) is 84.6 Å². The molecule has 2 aliphatic rings. The van der Waals surface area contributed by atoms with Crippen molar-refractivity contribution in [2.24, 2.45) is 0 Å². The van der Waals surface area contributed by atoms with Crippen molar-refractivity contribution in [1.29, 1.82) is 0 Å². The Bertz CT molecular complexity index is 682. The number of benzene rings is 1. The largest absolute Gasteiger partial charge is 0 e. The van der Waals surface area contributed by atoms with Crippen LogP contribution in [0.5, 0.6) is 0 Å². The first-order valence-corrected chi connectivity index (χ1v) is 14.7. The number of nitrogens with zero attached hydrogens (tertiary/aromatic N) is 2. The molecule has 1 saturated heterocycles. The molecule has 0 radical (unpaired) electrons. The first-order valence-electron chi connectivity index (χ1n) is 11.2. The Balaban J connectivity index is 0. The Morgan fingerprint density at radius 2 is 1.18 bits per heavy atom. The van der Waals surface area contributed by atoms with Crippen molar-refractivity contribution in [1.82, 2.24) is 9.80 Å². The van der Waals surface area contributed by atoms with Gasteiger partial charge in [0.1, 0.15) is 0 Å². The second-order valence-electron chi connectivity index (χ2n) is 9.13. The van der Waals surface area contributed by atoms with Crippen molar-refractivity contribution >= 4 is 13.3 Å². The van der Waals surface area contributed by atoms with Crippen LogP contribution in [0.2, 0.25) is 19.6 Å². The minimum absolute atomic E-state index is 0. The van der Waals surface area contributed by atoms with E-state index in [1.165, 1.54) is 36.4 Å². The standard InChI is InChI=1S/C22H38N2O2Si.3CO.Cr/c1-25-16-14-23-20-8-6-7-9-21(20)24(15-17-26-2)22(23)18-10-12-19(13-11-18)27(3,4)5;3*1-2;/h10-13,20-22H,6-9,14-17H2,1-5H3;;;;/t20-,21-;;;;/m1..../s1. The molecule has 9 heteroatoms. The van der Waals surface area contributed by atoms with Gasteiger partial charge < -0.3 is 9.47 Å².